The van der Waals surface area contributed by atoms with Crippen LogP contribution < -0.4 is 0 Å². The molecule has 0 spiro atoms. The van der Waals surface area contributed by atoms with Crippen molar-refractivity contribution in [1.82, 2.24) is 0 Å². The molecule has 1 aromatic rings. The summed E-state index contributed by atoms with van der Waals surface area (Å²) in [4.78, 5) is 0. The lowest BCUT2D eigenvalue weighted by Gasteiger charge is -2.04. The molecule has 2 heteroatoms. The predicted molar refractivity (Wildman–Crippen MR) is 53.4 cm³/mol. The Morgan fingerprint density at radius 1 is 1.42 bits per heavy atom. The van der Waals surface area contributed by atoms with Crippen LogP contribution in [0.25, 0.3) is 0 Å². The second-order valence-corrected chi connectivity index (χ2v) is 2.94. The summed E-state index contributed by atoms with van der Waals surface area (Å²) in [6.45, 7) is 3.85. The van der Waals surface area contributed by atoms with Gasteiger partial charge in [0.25, 0.3) is 0 Å². The zero-order chi connectivity index (χ0) is 9.14. The molecule has 0 saturated heterocycles. The third-order valence-electron chi connectivity index (χ3n) is 1.95. The van der Waals surface area contributed by atoms with Gasteiger partial charge in [-0.3, -0.25) is 0 Å². The second kappa shape index (κ2) is 3.46. The molecule has 0 aliphatic heterocycles. The van der Waals surface area contributed by atoms with Crippen LogP contribution in [0.5, 0.6) is 0 Å². The van der Waals surface area contributed by atoms with E-state index in [1.54, 1.807) is 5.37 Å². The Bertz CT molecular complexity index is 361. The molecule has 0 heterocycles. The van der Waals surface area contributed by atoms with Gasteiger partial charge < -0.3 is 0 Å². The van der Waals surface area contributed by atoms with E-state index in [-0.39, 0.29) is 0 Å². The van der Waals surface area contributed by atoms with Crippen LogP contribution in [0, 0.1) is 25.2 Å². The van der Waals surface area contributed by atoms with E-state index < -0.39 is 0 Å². The number of nitriles is 1. The van der Waals surface area contributed by atoms with Crippen LogP contribution in [0.1, 0.15) is 22.3 Å². The summed E-state index contributed by atoms with van der Waals surface area (Å²) in [5, 5.41) is 10.4. The van der Waals surface area contributed by atoms with Crippen molar-refractivity contribution < 1.29 is 0 Å². The highest BCUT2D eigenvalue weighted by Gasteiger charge is 2.03. The first kappa shape index (κ1) is 8.89. The van der Waals surface area contributed by atoms with Gasteiger partial charge in [0, 0.05) is 5.37 Å². The van der Waals surface area contributed by atoms with E-state index >= 15 is 0 Å². The Hall–Kier alpha value is -1.20. The monoisotopic (exact) mass is 175 g/mol. The number of rotatable bonds is 1. The van der Waals surface area contributed by atoms with Gasteiger partial charge in [-0.25, -0.2) is 0 Å². The maximum Gasteiger partial charge on any atom is 0.0997 e. The molecule has 1 rings (SSSR count). The molecule has 0 aromatic heterocycles. The molecule has 0 unspecified atom stereocenters. The van der Waals surface area contributed by atoms with E-state index in [9.17, 15) is 0 Å². The highest BCUT2D eigenvalue weighted by atomic mass is 32.1. The molecule has 0 fully saturated rings. The summed E-state index contributed by atoms with van der Waals surface area (Å²) >= 11 is 4.82. The molecule has 0 amide bonds. The summed E-state index contributed by atoms with van der Waals surface area (Å²) in [6.07, 6.45) is 0. The number of benzene rings is 1. The lowest BCUT2D eigenvalue weighted by atomic mass is 10.00. The van der Waals surface area contributed by atoms with E-state index in [2.05, 4.69) is 6.07 Å². The molecule has 0 aliphatic carbocycles. The van der Waals surface area contributed by atoms with E-state index in [0.29, 0.717) is 0 Å². The molecule has 0 aliphatic rings. The molecular weight excluding hydrogens is 166 g/mol. The smallest absolute Gasteiger partial charge is 0.0997 e. The highest BCUT2D eigenvalue weighted by Crippen LogP contribution is 2.15. The summed E-state index contributed by atoms with van der Waals surface area (Å²) in [7, 11) is 0. The zero-order valence-corrected chi connectivity index (χ0v) is 7.90. The van der Waals surface area contributed by atoms with Crippen LogP contribution in [-0.4, -0.2) is 5.37 Å². The van der Waals surface area contributed by atoms with Crippen molar-refractivity contribution >= 4 is 17.6 Å². The minimum absolute atomic E-state index is 0.744. The number of thiocarbonyl (C=S) groups is 1. The maximum atomic E-state index is 8.82. The van der Waals surface area contributed by atoms with Gasteiger partial charge in [0.2, 0.25) is 0 Å². The molecule has 1 aromatic carbocycles. The largest absolute Gasteiger partial charge is 0.192 e. The van der Waals surface area contributed by atoms with Crippen LogP contribution in [0.3, 0.4) is 0 Å². The number of nitrogens with zero attached hydrogens (tertiary/aromatic N) is 1. The van der Waals surface area contributed by atoms with Crippen molar-refractivity contribution in [3.8, 4) is 6.07 Å². The van der Waals surface area contributed by atoms with Crippen molar-refractivity contribution in [3.63, 3.8) is 0 Å². The SMILES string of the molecule is Cc1ccc(C=S)c(C)c1C#N. The van der Waals surface area contributed by atoms with Crippen LogP contribution in [0.15, 0.2) is 12.1 Å². The molecule has 0 radical (unpaired) electrons. The third kappa shape index (κ3) is 1.37. The summed E-state index contributed by atoms with van der Waals surface area (Å²) in [5.74, 6) is 0. The Morgan fingerprint density at radius 3 is 2.58 bits per heavy atom. The van der Waals surface area contributed by atoms with Gasteiger partial charge in [-0.15, -0.1) is 0 Å². The van der Waals surface area contributed by atoms with E-state index in [0.717, 1.165) is 22.3 Å². The average molecular weight is 175 g/mol. The van der Waals surface area contributed by atoms with Crippen LogP contribution in [0.2, 0.25) is 0 Å². The van der Waals surface area contributed by atoms with Crippen LogP contribution in [-0.2, 0) is 0 Å². The highest BCUT2D eigenvalue weighted by molar-refractivity contribution is 7.79. The molecule has 0 N–H and O–H groups in total. The van der Waals surface area contributed by atoms with Crippen molar-refractivity contribution in [2.75, 3.05) is 0 Å². The quantitative estimate of drug-likeness (QED) is 0.612. The lowest BCUT2D eigenvalue weighted by molar-refractivity contribution is 1.32. The number of aryl methyl sites for hydroxylation is 1. The van der Waals surface area contributed by atoms with Gasteiger partial charge in [-0.1, -0.05) is 24.4 Å². The minimum Gasteiger partial charge on any atom is -0.192 e. The predicted octanol–water partition coefficient (Wildman–Crippen LogP) is 2.52. The van der Waals surface area contributed by atoms with Gasteiger partial charge in [0.1, 0.15) is 0 Å². The molecule has 12 heavy (non-hydrogen) atoms. The first-order valence-corrected chi connectivity index (χ1v) is 4.13. The lowest BCUT2D eigenvalue weighted by Crippen LogP contribution is -1.92. The molecule has 60 valence electrons. The van der Waals surface area contributed by atoms with Gasteiger partial charge >= 0.3 is 0 Å². The van der Waals surface area contributed by atoms with Crippen LogP contribution in [0.4, 0.5) is 0 Å². The molecule has 0 atom stereocenters. The first-order valence-electron chi connectivity index (χ1n) is 3.66. The molecule has 0 bridgehead atoms. The average Bonchev–Trinajstić information content (AvgIpc) is 2.06. The zero-order valence-electron chi connectivity index (χ0n) is 7.09. The van der Waals surface area contributed by atoms with Gasteiger partial charge in [0.15, 0.2) is 0 Å². The Morgan fingerprint density at radius 2 is 2.08 bits per heavy atom. The number of hydrogen-bond acceptors (Lipinski definition) is 2. The summed E-state index contributed by atoms with van der Waals surface area (Å²) in [6, 6.07) is 6.04. The van der Waals surface area contributed by atoms with E-state index in [1.807, 2.05) is 26.0 Å². The third-order valence-corrected chi connectivity index (χ3v) is 2.21. The van der Waals surface area contributed by atoms with Crippen LogP contribution >= 0.6 is 12.2 Å². The fourth-order valence-electron chi connectivity index (χ4n) is 1.16. The fourth-order valence-corrected chi connectivity index (χ4v) is 1.42. The summed E-state index contributed by atoms with van der Waals surface area (Å²) in [5.41, 5.74) is 3.70. The van der Waals surface area contributed by atoms with Gasteiger partial charge in [-0.05, 0) is 30.5 Å². The van der Waals surface area contributed by atoms with Crippen molar-refractivity contribution in [3.05, 3.63) is 34.4 Å². The maximum absolute atomic E-state index is 8.82. The second-order valence-electron chi connectivity index (χ2n) is 2.70. The molecule has 0 saturated carbocycles. The molecule has 1 nitrogen and oxygen atoms in total. The Kier molecular flexibility index (Phi) is 2.57. The Balaban J connectivity index is 3.46. The van der Waals surface area contributed by atoms with E-state index in [4.69, 9.17) is 17.5 Å². The Labute approximate surface area is 77.6 Å². The molecular formula is C10H9NS. The number of hydrogen-bond donors (Lipinski definition) is 0. The summed E-state index contributed by atoms with van der Waals surface area (Å²) < 4.78 is 0. The van der Waals surface area contributed by atoms with Crippen molar-refractivity contribution in [1.29, 1.82) is 5.26 Å². The van der Waals surface area contributed by atoms with Gasteiger partial charge in [-0.2, -0.15) is 5.26 Å². The van der Waals surface area contributed by atoms with Crippen molar-refractivity contribution in [2.45, 2.75) is 13.8 Å². The fraction of sp³-hybridized carbons (Fsp3) is 0.200. The standard InChI is InChI=1S/C10H9NS/c1-7-3-4-9(6-12)8(2)10(7)5-11/h3-4,6H,1-2H3. The van der Waals surface area contributed by atoms with E-state index in [1.165, 1.54) is 0 Å². The normalized spacial score (nSPS) is 9.08. The van der Waals surface area contributed by atoms with Gasteiger partial charge in [0.05, 0.1) is 11.6 Å². The first-order chi connectivity index (χ1) is 5.70. The topological polar surface area (TPSA) is 23.8 Å². The minimum atomic E-state index is 0.744. The van der Waals surface area contributed by atoms with Crippen molar-refractivity contribution in [2.24, 2.45) is 0 Å².